The van der Waals surface area contributed by atoms with E-state index in [0.717, 1.165) is 38.5 Å². The fourth-order valence-electron chi connectivity index (χ4n) is 9.76. The molecule has 1 amide bonds. The van der Waals surface area contributed by atoms with Gasteiger partial charge >= 0.3 is 5.97 Å². The van der Waals surface area contributed by atoms with Gasteiger partial charge in [-0.05, 0) is 25.7 Å². The fraction of sp³-hybridized carbons (Fsp3) is 0.967. The lowest BCUT2D eigenvalue weighted by Gasteiger charge is -2.22. The fourth-order valence-corrected chi connectivity index (χ4v) is 9.76. The predicted octanol–water partition coefficient (Wildman–Crippen LogP) is 18.7. The van der Waals surface area contributed by atoms with E-state index in [-0.39, 0.29) is 18.5 Å². The Morgan fingerprint density at radius 3 is 0.924 bits per heavy atom. The van der Waals surface area contributed by atoms with Crippen molar-refractivity contribution in [3.63, 3.8) is 0 Å². The molecular weight excluding hydrogens is 815 g/mol. The van der Waals surface area contributed by atoms with Crippen LogP contribution in [0.1, 0.15) is 348 Å². The Bertz CT molecular complexity index is 944. The van der Waals surface area contributed by atoms with Gasteiger partial charge in [0.1, 0.15) is 0 Å². The Morgan fingerprint density at radius 2 is 0.621 bits per heavy atom. The second-order valence-electron chi connectivity index (χ2n) is 21.1. The highest BCUT2D eigenvalue weighted by atomic mass is 16.5. The molecular formula is C60H119NO5. The number of ether oxygens (including phenoxy) is 1. The summed E-state index contributed by atoms with van der Waals surface area (Å²) in [7, 11) is 0. The summed E-state index contributed by atoms with van der Waals surface area (Å²) >= 11 is 0. The molecule has 0 aromatic heterocycles. The van der Waals surface area contributed by atoms with Crippen molar-refractivity contribution >= 4 is 11.9 Å². The van der Waals surface area contributed by atoms with Crippen LogP contribution in [0.3, 0.4) is 0 Å². The van der Waals surface area contributed by atoms with E-state index in [0.29, 0.717) is 25.9 Å². The van der Waals surface area contributed by atoms with Crippen molar-refractivity contribution in [2.75, 3.05) is 13.2 Å². The van der Waals surface area contributed by atoms with Crippen molar-refractivity contribution in [3.05, 3.63) is 0 Å². The van der Waals surface area contributed by atoms with Crippen molar-refractivity contribution in [1.82, 2.24) is 5.32 Å². The molecule has 0 fully saturated rings. The summed E-state index contributed by atoms with van der Waals surface area (Å²) in [5.41, 5.74) is 0. The Kier molecular flexibility index (Phi) is 55.5. The lowest BCUT2D eigenvalue weighted by atomic mass is 10.0. The number of nitrogens with one attached hydrogen (secondary N) is 1. The van der Waals surface area contributed by atoms with Crippen molar-refractivity contribution < 1.29 is 24.5 Å². The van der Waals surface area contributed by atoms with Crippen LogP contribution in [0, 0.1) is 0 Å². The van der Waals surface area contributed by atoms with E-state index in [1.165, 1.54) is 276 Å². The molecule has 6 nitrogen and oxygen atoms in total. The smallest absolute Gasteiger partial charge is 0.305 e. The molecule has 0 rings (SSSR count). The van der Waals surface area contributed by atoms with Gasteiger partial charge in [-0.2, -0.15) is 0 Å². The highest BCUT2D eigenvalue weighted by Crippen LogP contribution is 2.18. The molecule has 394 valence electrons. The van der Waals surface area contributed by atoms with Crippen LogP contribution < -0.4 is 5.32 Å². The molecule has 0 radical (unpaired) electrons. The molecule has 6 heteroatoms. The topological polar surface area (TPSA) is 95.9 Å². The van der Waals surface area contributed by atoms with Gasteiger partial charge < -0.3 is 20.3 Å². The van der Waals surface area contributed by atoms with Gasteiger partial charge in [-0.3, -0.25) is 9.59 Å². The van der Waals surface area contributed by atoms with Crippen LogP contribution in [0.15, 0.2) is 0 Å². The number of carbonyl (C=O) groups excluding carboxylic acids is 2. The quantitative estimate of drug-likeness (QED) is 0.0417. The van der Waals surface area contributed by atoms with Crippen LogP contribution in [0.2, 0.25) is 0 Å². The molecule has 2 unspecified atom stereocenters. The molecule has 0 saturated carbocycles. The lowest BCUT2D eigenvalue weighted by Crippen LogP contribution is -2.45. The summed E-state index contributed by atoms with van der Waals surface area (Å²) in [4.78, 5) is 24.6. The maximum atomic E-state index is 12.5. The molecule has 0 spiro atoms. The molecule has 0 aliphatic rings. The van der Waals surface area contributed by atoms with Gasteiger partial charge in [-0.15, -0.1) is 0 Å². The average Bonchev–Trinajstić information content (AvgIpc) is 3.32. The summed E-state index contributed by atoms with van der Waals surface area (Å²) in [6.45, 7) is 4.97. The van der Waals surface area contributed by atoms with E-state index in [2.05, 4.69) is 19.2 Å². The minimum Gasteiger partial charge on any atom is -0.466 e. The van der Waals surface area contributed by atoms with Gasteiger partial charge in [-0.1, -0.05) is 309 Å². The minimum atomic E-state index is -0.666. The van der Waals surface area contributed by atoms with Crippen molar-refractivity contribution in [2.24, 2.45) is 0 Å². The van der Waals surface area contributed by atoms with Crippen molar-refractivity contribution in [1.29, 1.82) is 0 Å². The molecule has 2 atom stereocenters. The third-order valence-corrected chi connectivity index (χ3v) is 14.4. The van der Waals surface area contributed by atoms with Crippen LogP contribution in [0.25, 0.3) is 0 Å². The zero-order valence-electron chi connectivity index (χ0n) is 45.0. The van der Waals surface area contributed by atoms with Gasteiger partial charge in [0.2, 0.25) is 5.91 Å². The average molecular weight is 935 g/mol. The molecule has 3 N–H and O–H groups in total. The normalized spacial score (nSPS) is 12.5. The van der Waals surface area contributed by atoms with Crippen LogP contribution in [0.5, 0.6) is 0 Å². The third kappa shape index (κ3) is 52.2. The van der Waals surface area contributed by atoms with E-state index < -0.39 is 12.1 Å². The Morgan fingerprint density at radius 1 is 0.364 bits per heavy atom. The van der Waals surface area contributed by atoms with Crippen LogP contribution in [-0.2, 0) is 14.3 Å². The van der Waals surface area contributed by atoms with Gasteiger partial charge in [0.25, 0.3) is 0 Å². The highest BCUT2D eigenvalue weighted by Gasteiger charge is 2.20. The van der Waals surface area contributed by atoms with Gasteiger partial charge in [0.05, 0.1) is 25.4 Å². The Balaban J connectivity index is 3.37. The van der Waals surface area contributed by atoms with E-state index in [1.54, 1.807) is 0 Å². The predicted molar refractivity (Wildman–Crippen MR) is 287 cm³/mol. The number of amides is 1. The van der Waals surface area contributed by atoms with Gasteiger partial charge in [0, 0.05) is 12.8 Å². The molecule has 0 aliphatic heterocycles. The van der Waals surface area contributed by atoms with Gasteiger partial charge in [-0.25, -0.2) is 0 Å². The van der Waals surface area contributed by atoms with E-state index in [4.69, 9.17) is 4.74 Å². The third-order valence-electron chi connectivity index (χ3n) is 14.4. The zero-order valence-corrected chi connectivity index (χ0v) is 45.0. The number of hydrogen-bond acceptors (Lipinski definition) is 5. The summed E-state index contributed by atoms with van der Waals surface area (Å²) in [5.74, 6) is -0.0267. The standard InChI is InChI=1S/C60H119NO5/c1-3-5-7-9-11-13-15-17-19-20-23-26-30-34-38-42-46-50-54-60(65)66-55-51-47-43-39-35-31-27-24-21-22-25-29-33-37-41-45-49-53-59(64)61-57(56-62)58(63)52-48-44-40-36-32-28-18-16-14-12-10-8-6-4-2/h57-58,62-63H,3-56H2,1-2H3,(H,61,64). The summed E-state index contributed by atoms with van der Waals surface area (Å²) in [6, 6.07) is -0.544. The Hall–Kier alpha value is -1.14. The molecule has 0 aromatic rings. The molecule has 66 heavy (non-hydrogen) atoms. The molecule has 0 heterocycles. The van der Waals surface area contributed by atoms with E-state index in [1.807, 2.05) is 0 Å². The zero-order chi connectivity index (χ0) is 47.9. The molecule has 0 aromatic carbocycles. The van der Waals surface area contributed by atoms with Crippen molar-refractivity contribution in [3.8, 4) is 0 Å². The number of carbonyl (C=O) groups is 2. The summed E-state index contributed by atoms with van der Waals surface area (Å²) in [6.07, 6.45) is 65.3. The number of aliphatic hydroxyl groups is 2. The summed E-state index contributed by atoms with van der Waals surface area (Å²) < 4.78 is 5.50. The van der Waals surface area contributed by atoms with Crippen LogP contribution in [0.4, 0.5) is 0 Å². The van der Waals surface area contributed by atoms with E-state index in [9.17, 15) is 19.8 Å². The first kappa shape index (κ1) is 64.9. The number of unbranched alkanes of at least 4 members (excludes halogenated alkanes) is 46. The maximum Gasteiger partial charge on any atom is 0.305 e. The number of esters is 1. The first-order chi connectivity index (χ1) is 32.5. The van der Waals surface area contributed by atoms with Crippen molar-refractivity contribution in [2.45, 2.75) is 360 Å². The van der Waals surface area contributed by atoms with Crippen LogP contribution >= 0.6 is 0 Å². The molecule has 0 aliphatic carbocycles. The lowest BCUT2D eigenvalue weighted by molar-refractivity contribution is -0.143. The number of rotatable bonds is 57. The largest absolute Gasteiger partial charge is 0.466 e. The second-order valence-corrected chi connectivity index (χ2v) is 21.1. The highest BCUT2D eigenvalue weighted by molar-refractivity contribution is 5.76. The Labute approximate surface area is 413 Å². The number of hydrogen-bond donors (Lipinski definition) is 3. The molecule has 0 bridgehead atoms. The minimum absolute atomic E-state index is 0.0108. The first-order valence-electron chi connectivity index (χ1n) is 30.3. The maximum absolute atomic E-state index is 12.5. The van der Waals surface area contributed by atoms with E-state index >= 15 is 0 Å². The summed E-state index contributed by atoms with van der Waals surface area (Å²) in [5, 5.41) is 23.3. The monoisotopic (exact) mass is 934 g/mol. The number of aliphatic hydroxyl groups excluding tert-OH is 2. The first-order valence-corrected chi connectivity index (χ1v) is 30.3. The van der Waals surface area contributed by atoms with Gasteiger partial charge in [0.15, 0.2) is 0 Å². The molecule has 0 saturated heterocycles. The second kappa shape index (κ2) is 56.4. The SMILES string of the molecule is CCCCCCCCCCCCCCCCCCCCC(=O)OCCCCCCCCCCCCCCCCCCCC(=O)NC(CO)C(O)CCCCCCCCCCCCCCCC. The van der Waals surface area contributed by atoms with Crippen LogP contribution in [-0.4, -0.2) is 47.4 Å².